The molecule has 0 radical (unpaired) electrons. The van der Waals surface area contributed by atoms with Gasteiger partial charge in [-0.25, -0.2) is 4.99 Å². The Morgan fingerprint density at radius 1 is 0.718 bits per heavy atom. The number of unbranched alkanes of at least 4 members (excludes halogenated alkanes) is 9. The molecule has 4 nitrogen and oxygen atoms in total. The molecule has 1 atom stereocenters. The summed E-state index contributed by atoms with van der Waals surface area (Å²) in [6.07, 6.45) is 13.3. The highest BCUT2D eigenvalue weighted by Gasteiger charge is 2.24. The lowest BCUT2D eigenvalue weighted by molar-refractivity contribution is -0.449. The molecule has 0 fully saturated rings. The molecule has 208 valence electrons. The second-order valence-corrected chi connectivity index (χ2v) is 10.6. The average Bonchev–Trinajstić information content (AvgIpc) is 2.98. The van der Waals surface area contributed by atoms with Crippen molar-refractivity contribution in [2.75, 3.05) is 11.4 Å². The highest BCUT2D eigenvalue weighted by molar-refractivity contribution is 5.94. The highest BCUT2D eigenvalue weighted by Crippen LogP contribution is 2.20. The molecule has 0 bridgehead atoms. The molecule has 3 rings (SSSR count). The van der Waals surface area contributed by atoms with Crippen LogP contribution in [0, 0.1) is 5.92 Å². The number of aliphatic imine (C=N–C) groups is 1. The van der Waals surface area contributed by atoms with Crippen LogP contribution in [0.1, 0.15) is 84.5 Å². The summed E-state index contributed by atoms with van der Waals surface area (Å²) in [6.45, 7) is 5.03. The van der Waals surface area contributed by atoms with Crippen LogP contribution in [0.15, 0.2) is 96.0 Å². The number of nitrogens with two attached hydrogens (primary N) is 1. The number of amides is 1. The van der Waals surface area contributed by atoms with Crippen LogP contribution in [-0.4, -0.2) is 18.3 Å². The van der Waals surface area contributed by atoms with E-state index in [1.165, 1.54) is 51.4 Å². The van der Waals surface area contributed by atoms with Crippen molar-refractivity contribution in [3.05, 3.63) is 91.0 Å². The van der Waals surface area contributed by atoms with Gasteiger partial charge < -0.3 is 4.90 Å². The van der Waals surface area contributed by atoms with Crippen molar-refractivity contribution in [3.8, 4) is 0 Å². The van der Waals surface area contributed by atoms with E-state index < -0.39 is 0 Å². The Balaban J connectivity index is 1.61. The molecular weight excluding hydrogens is 478 g/mol. The minimum absolute atomic E-state index is 0.0577. The molecule has 4 heteroatoms. The molecule has 3 aromatic carbocycles. The van der Waals surface area contributed by atoms with Gasteiger partial charge in [0.15, 0.2) is 0 Å². The Morgan fingerprint density at radius 3 is 1.82 bits per heavy atom. The van der Waals surface area contributed by atoms with Crippen molar-refractivity contribution in [1.82, 2.24) is 0 Å². The van der Waals surface area contributed by atoms with Crippen LogP contribution in [0.5, 0.6) is 0 Å². The van der Waals surface area contributed by atoms with Gasteiger partial charge in [0.25, 0.3) is 0 Å². The molecule has 0 heterocycles. The van der Waals surface area contributed by atoms with Crippen LogP contribution in [0.25, 0.3) is 0 Å². The molecule has 0 aliphatic rings. The van der Waals surface area contributed by atoms with Crippen LogP contribution in [0.3, 0.4) is 0 Å². The summed E-state index contributed by atoms with van der Waals surface area (Å²) in [6, 6.07) is 30.5. The molecule has 0 saturated heterocycles. The number of rotatable bonds is 17. The number of anilines is 1. The van der Waals surface area contributed by atoms with Crippen molar-refractivity contribution in [1.29, 1.82) is 0 Å². The lowest BCUT2D eigenvalue weighted by Crippen LogP contribution is -2.84. The van der Waals surface area contributed by atoms with E-state index in [4.69, 9.17) is 4.99 Å². The van der Waals surface area contributed by atoms with Gasteiger partial charge in [0.05, 0.1) is 11.6 Å². The molecule has 0 aliphatic carbocycles. The fourth-order valence-corrected chi connectivity index (χ4v) is 4.88. The highest BCUT2D eigenvalue weighted by atomic mass is 16.2. The lowest BCUT2D eigenvalue weighted by Gasteiger charge is -2.26. The second-order valence-electron chi connectivity index (χ2n) is 10.6. The molecule has 2 N–H and O–H groups in total. The lowest BCUT2D eigenvalue weighted by atomic mass is 10.0. The second kappa shape index (κ2) is 18.1. The van der Waals surface area contributed by atoms with Gasteiger partial charge in [-0.05, 0) is 49.7 Å². The van der Waals surface area contributed by atoms with E-state index >= 15 is 0 Å². The first-order valence-corrected chi connectivity index (χ1v) is 15.1. The summed E-state index contributed by atoms with van der Waals surface area (Å²) in [5.74, 6) is 1.23. The van der Waals surface area contributed by atoms with Crippen LogP contribution >= 0.6 is 0 Å². The topological polar surface area (TPSA) is 49.3 Å². The maximum atomic E-state index is 13.5. The third-order valence-corrected chi connectivity index (χ3v) is 7.20. The average molecular weight is 527 g/mol. The van der Waals surface area contributed by atoms with Gasteiger partial charge in [-0.2, -0.15) is 0 Å². The monoisotopic (exact) mass is 526 g/mol. The van der Waals surface area contributed by atoms with Crippen LogP contribution < -0.4 is 10.2 Å². The molecule has 0 spiro atoms. The number of nitrogens with zero attached hydrogens (tertiary/aromatic N) is 2. The predicted octanol–water partition coefficient (Wildman–Crippen LogP) is 8.59. The number of hydrogen-bond donors (Lipinski definition) is 1. The predicted molar refractivity (Wildman–Crippen MR) is 166 cm³/mol. The first-order valence-electron chi connectivity index (χ1n) is 15.1. The number of hydrogen-bond acceptors (Lipinski definition) is 2. The summed E-state index contributed by atoms with van der Waals surface area (Å²) in [4.78, 5) is 20.5. The molecule has 0 saturated carbocycles. The van der Waals surface area contributed by atoms with E-state index in [1.54, 1.807) is 0 Å². The summed E-state index contributed by atoms with van der Waals surface area (Å²) in [5, 5.41) is 2.15. The van der Waals surface area contributed by atoms with E-state index in [0.29, 0.717) is 13.0 Å². The zero-order chi connectivity index (χ0) is 27.5. The molecule has 3 aromatic rings. The van der Waals surface area contributed by atoms with Gasteiger partial charge in [-0.1, -0.05) is 119 Å². The van der Waals surface area contributed by atoms with Gasteiger partial charge >= 0.3 is 0 Å². The third-order valence-electron chi connectivity index (χ3n) is 7.20. The van der Waals surface area contributed by atoms with E-state index in [9.17, 15) is 4.79 Å². The van der Waals surface area contributed by atoms with Gasteiger partial charge in [0.1, 0.15) is 5.69 Å². The number of para-hydroxylation sites is 3. The number of carbonyl (C=O) groups excluding carboxylic acids is 1. The molecule has 1 amide bonds. The first kappa shape index (κ1) is 30.3. The van der Waals surface area contributed by atoms with Crippen molar-refractivity contribution in [2.24, 2.45) is 10.9 Å². The normalized spacial score (nSPS) is 12.3. The Bertz CT molecular complexity index is 1080. The number of amidine groups is 1. The van der Waals surface area contributed by atoms with Crippen molar-refractivity contribution in [2.45, 2.75) is 84.5 Å². The maximum Gasteiger partial charge on any atom is 0.227 e. The number of benzene rings is 3. The van der Waals surface area contributed by atoms with Crippen LogP contribution in [0.2, 0.25) is 0 Å². The molecule has 1 unspecified atom stereocenters. The van der Waals surface area contributed by atoms with Gasteiger partial charge in [0, 0.05) is 18.7 Å². The quantitative estimate of drug-likeness (QED) is 0.0814. The number of quaternary nitrogens is 1. The third kappa shape index (κ3) is 11.6. The van der Waals surface area contributed by atoms with E-state index in [-0.39, 0.29) is 11.8 Å². The standard InChI is InChI=1S/C35H47N3O/c1-3-4-5-6-7-8-9-10-11-21-28-34(39)38(33-26-19-14-20-27-33)29-30(2)35(36-31-22-15-12-16-23-31)37-32-24-17-13-18-25-32/h12-20,22-27,30H,3-11,21,28-29H2,1-2H3,(H,36,37)/p+1. The number of carbonyl (C=O) groups is 1. The summed E-state index contributed by atoms with van der Waals surface area (Å²) >= 11 is 0. The van der Waals surface area contributed by atoms with Crippen LogP contribution in [0.4, 0.5) is 17.1 Å². The van der Waals surface area contributed by atoms with Crippen molar-refractivity contribution < 1.29 is 10.1 Å². The fraction of sp³-hybridized carbons (Fsp3) is 0.429. The van der Waals surface area contributed by atoms with Crippen molar-refractivity contribution in [3.63, 3.8) is 0 Å². The Morgan fingerprint density at radius 2 is 1.23 bits per heavy atom. The van der Waals surface area contributed by atoms with Gasteiger partial charge in [-0.3, -0.25) is 10.1 Å². The SMILES string of the molecule is CCCCCCCCCCCCC(=O)N(CC(C)C(=Nc1ccccc1)[NH2+]c1ccccc1)c1ccccc1. The first-order chi connectivity index (χ1) is 19.2. The van der Waals surface area contributed by atoms with E-state index in [1.807, 2.05) is 83.8 Å². The van der Waals surface area contributed by atoms with Gasteiger partial charge in [0.2, 0.25) is 11.7 Å². The molecule has 39 heavy (non-hydrogen) atoms. The molecule has 0 aromatic heterocycles. The minimum Gasteiger partial charge on any atom is -0.312 e. The Hall–Kier alpha value is -3.24. The maximum absolute atomic E-state index is 13.5. The molecule has 0 aliphatic heterocycles. The van der Waals surface area contributed by atoms with E-state index in [2.05, 4.69) is 31.3 Å². The largest absolute Gasteiger partial charge is 0.312 e. The molecular formula is C35H48N3O+. The van der Waals surface area contributed by atoms with Crippen LogP contribution in [-0.2, 0) is 4.79 Å². The zero-order valence-electron chi connectivity index (χ0n) is 24.1. The summed E-state index contributed by atoms with van der Waals surface area (Å²) < 4.78 is 0. The summed E-state index contributed by atoms with van der Waals surface area (Å²) in [7, 11) is 0. The van der Waals surface area contributed by atoms with Gasteiger partial charge in [-0.15, -0.1) is 0 Å². The zero-order valence-corrected chi connectivity index (χ0v) is 24.1. The van der Waals surface area contributed by atoms with Crippen molar-refractivity contribution >= 4 is 28.8 Å². The minimum atomic E-state index is 0.0577. The Kier molecular flexibility index (Phi) is 14.1. The smallest absolute Gasteiger partial charge is 0.227 e. The summed E-state index contributed by atoms with van der Waals surface area (Å²) in [5.41, 5.74) is 3.00. The fourth-order valence-electron chi connectivity index (χ4n) is 4.88. The Labute approximate surface area is 236 Å². The van der Waals surface area contributed by atoms with E-state index in [0.717, 1.165) is 35.7 Å².